The third-order valence-electron chi connectivity index (χ3n) is 3.51. The van der Waals surface area contributed by atoms with Crippen LogP contribution < -0.4 is 4.90 Å². The van der Waals surface area contributed by atoms with Crippen LogP contribution in [0.25, 0.3) is 0 Å². The van der Waals surface area contributed by atoms with Crippen LogP contribution in [0.4, 0.5) is 24.5 Å². The smallest absolute Gasteiger partial charge is 0.308 e. The number of thioether (sulfide) groups is 1. The number of alkyl halides is 3. The highest BCUT2D eigenvalue weighted by Gasteiger charge is 2.33. The summed E-state index contributed by atoms with van der Waals surface area (Å²) in [6, 6.07) is 11.0. The van der Waals surface area contributed by atoms with E-state index in [-0.39, 0.29) is 23.1 Å². The van der Waals surface area contributed by atoms with Gasteiger partial charge in [0, 0.05) is 18.3 Å². The Bertz CT molecular complexity index is 841. The molecule has 0 aliphatic heterocycles. The highest BCUT2D eigenvalue weighted by molar-refractivity contribution is 8.00. The fourth-order valence-corrected chi connectivity index (χ4v) is 3.14. The summed E-state index contributed by atoms with van der Waals surface area (Å²) in [5, 5.41) is 11.1. The van der Waals surface area contributed by atoms with Crippen LogP contribution in [0.5, 0.6) is 0 Å². The lowest BCUT2D eigenvalue weighted by atomic mass is 10.2. The number of halogens is 3. The molecule has 5 nitrogen and oxygen atoms in total. The molecule has 0 atom stereocenters. The molecule has 0 heterocycles. The van der Waals surface area contributed by atoms with Gasteiger partial charge in [-0.3, -0.25) is 14.9 Å². The molecule has 0 radical (unpaired) electrons. The van der Waals surface area contributed by atoms with Crippen molar-refractivity contribution in [3.05, 3.63) is 76.9 Å². The number of amides is 1. The molecule has 0 aromatic heterocycles. The third kappa shape index (κ3) is 5.33. The van der Waals surface area contributed by atoms with Gasteiger partial charge in [-0.1, -0.05) is 24.3 Å². The van der Waals surface area contributed by atoms with E-state index in [0.29, 0.717) is 11.8 Å². The average Bonchev–Trinajstić information content (AvgIpc) is 2.63. The summed E-state index contributed by atoms with van der Waals surface area (Å²) in [7, 11) is 0. The predicted octanol–water partition coefficient (Wildman–Crippen LogP) is 4.92. The zero-order valence-corrected chi connectivity index (χ0v) is 14.8. The van der Waals surface area contributed by atoms with Crippen LogP contribution in [-0.4, -0.2) is 23.1 Å². The van der Waals surface area contributed by atoms with E-state index in [9.17, 15) is 28.1 Å². The molecular weight excluding hydrogens is 381 g/mol. The Kier molecular flexibility index (Phi) is 6.62. The lowest BCUT2D eigenvalue weighted by Gasteiger charge is -2.21. The van der Waals surface area contributed by atoms with Crippen LogP contribution in [0.1, 0.15) is 5.56 Å². The Morgan fingerprint density at radius 2 is 1.89 bits per heavy atom. The van der Waals surface area contributed by atoms with Crippen molar-refractivity contribution in [2.45, 2.75) is 11.1 Å². The van der Waals surface area contributed by atoms with Crippen LogP contribution in [0.15, 0.2) is 66.1 Å². The standard InChI is InChI=1S/C18H15F3N2O3S/c1-2-10-22(14-6-4-3-5-7-14)17(24)12-27-16-9-8-13(18(19,20)21)11-15(16)23(25)26/h2-9,11H,1,10,12H2. The number of carbonyl (C=O) groups is 1. The van der Waals surface area contributed by atoms with Gasteiger partial charge in [0.05, 0.1) is 21.1 Å². The third-order valence-corrected chi connectivity index (χ3v) is 4.56. The lowest BCUT2D eigenvalue weighted by Crippen LogP contribution is -2.32. The molecule has 9 heteroatoms. The second-order valence-electron chi connectivity index (χ2n) is 5.35. The summed E-state index contributed by atoms with van der Waals surface area (Å²) in [6.07, 6.45) is -3.14. The van der Waals surface area contributed by atoms with E-state index < -0.39 is 22.4 Å². The number of nitrogens with zero attached hydrogens (tertiary/aromatic N) is 2. The fourth-order valence-electron chi connectivity index (χ4n) is 2.26. The zero-order valence-electron chi connectivity index (χ0n) is 14.0. The SMILES string of the molecule is C=CCN(C(=O)CSc1ccc(C(F)(F)F)cc1[N+](=O)[O-])c1ccccc1. The van der Waals surface area contributed by atoms with Crippen LogP contribution in [0.3, 0.4) is 0 Å². The molecule has 0 aliphatic rings. The van der Waals surface area contributed by atoms with Gasteiger partial charge in [0.25, 0.3) is 5.69 Å². The van der Waals surface area contributed by atoms with Crippen molar-refractivity contribution in [1.29, 1.82) is 0 Å². The second-order valence-corrected chi connectivity index (χ2v) is 6.37. The number of nitro groups is 1. The fraction of sp³-hybridized carbons (Fsp3) is 0.167. The number of benzene rings is 2. The minimum absolute atomic E-state index is 0.00651. The van der Waals surface area contributed by atoms with Crippen molar-refractivity contribution in [3.63, 3.8) is 0 Å². The van der Waals surface area contributed by atoms with Crippen molar-refractivity contribution < 1.29 is 22.9 Å². The summed E-state index contributed by atoms with van der Waals surface area (Å²) in [5.41, 5.74) is -1.16. The minimum Gasteiger partial charge on any atom is -0.308 e. The van der Waals surface area contributed by atoms with E-state index in [2.05, 4.69) is 6.58 Å². The van der Waals surface area contributed by atoms with Crippen LogP contribution >= 0.6 is 11.8 Å². The van der Waals surface area contributed by atoms with Crippen molar-refractivity contribution in [1.82, 2.24) is 0 Å². The topological polar surface area (TPSA) is 63.5 Å². The van der Waals surface area contributed by atoms with E-state index in [4.69, 9.17) is 0 Å². The Labute approximate surface area is 157 Å². The molecule has 0 aliphatic carbocycles. The van der Waals surface area contributed by atoms with Crippen LogP contribution in [0.2, 0.25) is 0 Å². The van der Waals surface area contributed by atoms with E-state index >= 15 is 0 Å². The normalized spacial score (nSPS) is 11.1. The maximum absolute atomic E-state index is 12.8. The molecule has 1 amide bonds. The highest BCUT2D eigenvalue weighted by Crippen LogP contribution is 2.36. The molecule has 0 fully saturated rings. The molecule has 0 unspecified atom stereocenters. The average molecular weight is 396 g/mol. The number of hydrogen-bond donors (Lipinski definition) is 0. The van der Waals surface area contributed by atoms with Gasteiger partial charge < -0.3 is 4.90 Å². The van der Waals surface area contributed by atoms with Gasteiger partial charge in [-0.05, 0) is 24.3 Å². The molecule has 0 saturated carbocycles. The van der Waals surface area contributed by atoms with Crippen LogP contribution in [0, 0.1) is 10.1 Å². The first kappa shape index (κ1) is 20.5. The van der Waals surface area contributed by atoms with Crippen LogP contribution in [-0.2, 0) is 11.0 Å². The van der Waals surface area contributed by atoms with Gasteiger partial charge in [0.1, 0.15) is 0 Å². The molecule has 0 spiro atoms. The summed E-state index contributed by atoms with van der Waals surface area (Å²) in [5.74, 6) is -0.519. The largest absolute Gasteiger partial charge is 0.416 e. The number of anilines is 1. The van der Waals surface area contributed by atoms with Gasteiger partial charge in [0.2, 0.25) is 5.91 Å². The first-order chi connectivity index (χ1) is 12.7. The quantitative estimate of drug-likeness (QED) is 0.288. The molecule has 0 saturated heterocycles. The van der Waals surface area contributed by atoms with Crippen molar-refractivity contribution >= 4 is 29.0 Å². The summed E-state index contributed by atoms with van der Waals surface area (Å²) in [6.45, 7) is 3.83. The Morgan fingerprint density at radius 1 is 1.22 bits per heavy atom. The van der Waals surface area contributed by atoms with E-state index in [0.717, 1.165) is 23.9 Å². The summed E-state index contributed by atoms with van der Waals surface area (Å²) >= 11 is 0.817. The maximum Gasteiger partial charge on any atom is 0.416 e. The lowest BCUT2D eigenvalue weighted by molar-refractivity contribution is -0.388. The molecule has 142 valence electrons. The van der Waals surface area contributed by atoms with Gasteiger partial charge in [-0.15, -0.1) is 18.3 Å². The molecule has 27 heavy (non-hydrogen) atoms. The number of hydrogen-bond acceptors (Lipinski definition) is 4. The summed E-state index contributed by atoms with van der Waals surface area (Å²) in [4.78, 5) is 24.2. The molecule has 2 aromatic rings. The van der Waals surface area contributed by atoms with E-state index in [1.807, 2.05) is 0 Å². The van der Waals surface area contributed by atoms with Gasteiger partial charge in [-0.25, -0.2) is 0 Å². The Hall–Kier alpha value is -2.81. The first-order valence-corrected chi connectivity index (χ1v) is 8.67. The number of rotatable bonds is 7. The van der Waals surface area contributed by atoms with Crippen molar-refractivity contribution in [2.75, 3.05) is 17.2 Å². The van der Waals surface area contributed by atoms with Gasteiger partial charge >= 0.3 is 6.18 Å². The van der Waals surface area contributed by atoms with Crippen molar-refractivity contribution in [2.24, 2.45) is 0 Å². The number of para-hydroxylation sites is 1. The highest BCUT2D eigenvalue weighted by atomic mass is 32.2. The second kappa shape index (κ2) is 8.72. The minimum atomic E-state index is -4.68. The van der Waals surface area contributed by atoms with E-state index in [1.54, 1.807) is 30.3 Å². The summed E-state index contributed by atoms with van der Waals surface area (Å²) < 4.78 is 38.3. The monoisotopic (exact) mass is 396 g/mol. The molecule has 2 aromatic carbocycles. The molecular formula is C18H15F3N2O3S. The maximum atomic E-state index is 12.8. The molecule has 0 N–H and O–H groups in total. The Balaban J connectivity index is 2.20. The predicted molar refractivity (Wildman–Crippen MR) is 97.8 cm³/mol. The van der Waals surface area contributed by atoms with Crippen molar-refractivity contribution in [3.8, 4) is 0 Å². The molecule has 0 bridgehead atoms. The van der Waals surface area contributed by atoms with Gasteiger partial charge in [-0.2, -0.15) is 13.2 Å². The Morgan fingerprint density at radius 3 is 2.44 bits per heavy atom. The molecule has 2 rings (SSSR count). The van der Waals surface area contributed by atoms with E-state index in [1.165, 1.54) is 11.0 Å². The first-order valence-electron chi connectivity index (χ1n) is 7.68. The number of nitro benzene ring substituents is 1. The zero-order chi connectivity index (χ0) is 20.0. The van der Waals surface area contributed by atoms with Gasteiger partial charge in [0.15, 0.2) is 0 Å². The number of carbonyl (C=O) groups excluding carboxylic acids is 1.